The zero-order valence-electron chi connectivity index (χ0n) is 21.7. The van der Waals surface area contributed by atoms with Crippen molar-refractivity contribution in [3.05, 3.63) is 47.1 Å². The Kier molecular flexibility index (Phi) is 12.0. The smallest absolute Gasteiger partial charge is 0.0119 e. The molecule has 0 aromatic carbocycles. The molecule has 0 radical (unpaired) electrons. The van der Waals surface area contributed by atoms with E-state index in [1.165, 1.54) is 68.9 Å². The maximum Gasteiger partial charge on any atom is -0.0119 e. The normalized spacial score (nSPS) is 22.8. The van der Waals surface area contributed by atoms with Gasteiger partial charge in [-0.1, -0.05) is 88.1 Å². The SMILES string of the molecule is C=C(CCC1C=C(CC)CC(CC)C1)C(C)C/C=C(\C)C(C)(CC)CCC=C(C)C. The topological polar surface area (TPSA) is 0 Å². The molecule has 0 N–H and O–H groups in total. The Hall–Kier alpha value is -1.04. The van der Waals surface area contributed by atoms with Crippen LogP contribution in [0.3, 0.4) is 0 Å². The summed E-state index contributed by atoms with van der Waals surface area (Å²) in [6.45, 7) is 23.1. The third-order valence-electron chi connectivity index (χ3n) is 7.98. The van der Waals surface area contributed by atoms with Crippen molar-refractivity contribution in [1.29, 1.82) is 0 Å². The van der Waals surface area contributed by atoms with Crippen LogP contribution >= 0.6 is 0 Å². The van der Waals surface area contributed by atoms with E-state index in [1.54, 1.807) is 11.1 Å². The van der Waals surface area contributed by atoms with E-state index in [0.29, 0.717) is 11.3 Å². The van der Waals surface area contributed by atoms with Crippen LogP contribution in [0.1, 0.15) is 120 Å². The zero-order chi connectivity index (χ0) is 22.7. The fourth-order valence-electron chi connectivity index (χ4n) is 4.84. The second-order valence-electron chi connectivity index (χ2n) is 10.6. The van der Waals surface area contributed by atoms with E-state index in [0.717, 1.165) is 18.3 Å². The van der Waals surface area contributed by atoms with Crippen LogP contribution < -0.4 is 0 Å². The minimum Gasteiger partial charge on any atom is -0.0996 e. The van der Waals surface area contributed by atoms with Gasteiger partial charge in [0.25, 0.3) is 0 Å². The van der Waals surface area contributed by atoms with Crippen LogP contribution in [0.15, 0.2) is 47.1 Å². The van der Waals surface area contributed by atoms with Crippen LogP contribution in [0.25, 0.3) is 0 Å². The lowest BCUT2D eigenvalue weighted by Crippen LogP contribution is -2.17. The van der Waals surface area contributed by atoms with Crippen LogP contribution in [0, 0.1) is 23.2 Å². The number of hydrogen-bond donors (Lipinski definition) is 0. The summed E-state index contributed by atoms with van der Waals surface area (Å²) < 4.78 is 0. The quantitative estimate of drug-likeness (QED) is 0.264. The highest BCUT2D eigenvalue weighted by Crippen LogP contribution is 2.38. The van der Waals surface area contributed by atoms with E-state index in [-0.39, 0.29) is 0 Å². The van der Waals surface area contributed by atoms with Gasteiger partial charge >= 0.3 is 0 Å². The highest BCUT2D eigenvalue weighted by molar-refractivity contribution is 5.14. The molecule has 0 bridgehead atoms. The van der Waals surface area contributed by atoms with Gasteiger partial charge < -0.3 is 0 Å². The highest BCUT2D eigenvalue weighted by Gasteiger charge is 2.24. The maximum atomic E-state index is 4.49. The molecule has 0 spiro atoms. The number of hydrogen-bond acceptors (Lipinski definition) is 0. The minimum absolute atomic E-state index is 0.325. The molecule has 0 aliphatic heterocycles. The largest absolute Gasteiger partial charge is 0.0996 e. The molecule has 4 unspecified atom stereocenters. The average molecular weight is 413 g/mol. The second kappa shape index (κ2) is 13.4. The summed E-state index contributed by atoms with van der Waals surface area (Å²) in [5, 5.41) is 0. The Labute approximate surface area is 190 Å². The standard InChI is InChI=1S/C30H52/c1-10-27-20-28(11-2)22-29(21-27)18-16-25(7)24(6)15-17-26(8)30(9,12-3)19-13-14-23(4)5/h14,17,21,24,28-29H,7,10-13,15-16,18-20,22H2,1-6,8-9H3/b26-17+. The van der Waals surface area contributed by atoms with Gasteiger partial charge in [-0.05, 0) is 102 Å². The van der Waals surface area contributed by atoms with Crippen molar-refractivity contribution >= 4 is 0 Å². The van der Waals surface area contributed by atoms with Crippen molar-refractivity contribution in [3.63, 3.8) is 0 Å². The summed E-state index contributed by atoms with van der Waals surface area (Å²) in [6, 6.07) is 0. The van der Waals surface area contributed by atoms with E-state index in [9.17, 15) is 0 Å². The first-order valence-electron chi connectivity index (χ1n) is 12.8. The van der Waals surface area contributed by atoms with Crippen molar-refractivity contribution in [3.8, 4) is 0 Å². The first kappa shape index (κ1) is 27.0. The van der Waals surface area contributed by atoms with Gasteiger partial charge in [0.1, 0.15) is 0 Å². The van der Waals surface area contributed by atoms with E-state index in [1.807, 2.05) is 0 Å². The Balaban J connectivity index is 2.59. The molecule has 0 heteroatoms. The van der Waals surface area contributed by atoms with Gasteiger partial charge in [-0.25, -0.2) is 0 Å². The fraction of sp³-hybridized carbons (Fsp3) is 0.733. The molecule has 0 fully saturated rings. The predicted octanol–water partition coefficient (Wildman–Crippen LogP) is 10.2. The summed E-state index contributed by atoms with van der Waals surface area (Å²) >= 11 is 0. The van der Waals surface area contributed by atoms with Crippen molar-refractivity contribution in [2.24, 2.45) is 23.2 Å². The fourth-order valence-corrected chi connectivity index (χ4v) is 4.84. The average Bonchev–Trinajstić information content (AvgIpc) is 2.74. The first-order chi connectivity index (χ1) is 14.1. The Morgan fingerprint density at radius 2 is 1.90 bits per heavy atom. The molecule has 0 aromatic heterocycles. The van der Waals surface area contributed by atoms with Gasteiger partial charge in [0.15, 0.2) is 0 Å². The molecule has 0 heterocycles. The van der Waals surface area contributed by atoms with Crippen molar-refractivity contribution in [2.75, 3.05) is 0 Å². The van der Waals surface area contributed by atoms with Crippen LogP contribution in [0.5, 0.6) is 0 Å². The van der Waals surface area contributed by atoms with Gasteiger partial charge in [0.2, 0.25) is 0 Å². The van der Waals surface area contributed by atoms with E-state index in [4.69, 9.17) is 0 Å². The van der Waals surface area contributed by atoms with Crippen molar-refractivity contribution in [2.45, 2.75) is 120 Å². The van der Waals surface area contributed by atoms with Crippen LogP contribution in [0.4, 0.5) is 0 Å². The monoisotopic (exact) mass is 412 g/mol. The van der Waals surface area contributed by atoms with Gasteiger partial charge in [-0.3, -0.25) is 0 Å². The second-order valence-corrected chi connectivity index (χ2v) is 10.6. The summed E-state index contributed by atoms with van der Waals surface area (Å²) in [5.74, 6) is 2.27. The molecule has 30 heavy (non-hydrogen) atoms. The van der Waals surface area contributed by atoms with Gasteiger partial charge in [0, 0.05) is 0 Å². The summed E-state index contributed by atoms with van der Waals surface area (Å²) in [5.41, 5.74) is 6.48. The molecule has 4 atom stereocenters. The Morgan fingerprint density at radius 1 is 1.20 bits per heavy atom. The summed E-state index contributed by atoms with van der Waals surface area (Å²) in [7, 11) is 0. The van der Waals surface area contributed by atoms with Crippen LogP contribution in [-0.4, -0.2) is 0 Å². The lowest BCUT2D eigenvalue weighted by atomic mass is 9.75. The zero-order valence-corrected chi connectivity index (χ0v) is 21.7. The molecular weight excluding hydrogens is 360 g/mol. The third-order valence-corrected chi connectivity index (χ3v) is 7.98. The van der Waals surface area contributed by atoms with Gasteiger partial charge in [-0.15, -0.1) is 0 Å². The lowest BCUT2D eigenvalue weighted by molar-refractivity contribution is 0.351. The molecule has 0 aromatic rings. The summed E-state index contributed by atoms with van der Waals surface area (Å²) in [6.07, 6.45) is 20.1. The van der Waals surface area contributed by atoms with Crippen LogP contribution in [0.2, 0.25) is 0 Å². The molecule has 0 saturated carbocycles. The molecular formula is C30H52. The Morgan fingerprint density at radius 3 is 2.47 bits per heavy atom. The predicted molar refractivity (Wildman–Crippen MR) is 138 cm³/mol. The molecule has 1 aliphatic rings. The number of rotatable bonds is 13. The molecule has 1 rings (SSSR count). The minimum atomic E-state index is 0.325. The number of allylic oxidation sites excluding steroid dienone is 7. The molecule has 172 valence electrons. The Bertz CT molecular complexity index is 610. The van der Waals surface area contributed by atoms with E-state index in [2.05, 4.69) is 80.2 Å². The van der Waals surface area contributed by atoms with E-state index >= 15 is 0 Å². The van der Waals surface area contributed by atoms with Gasteiger partial charge in [-0.2, -0.15) is 0 Å². The third kappa shape index (κ3) is 8.99. The molecule has 0 saturated heterocycles. The first-order valence-corrected chi connectivity index (χ1v) is 12.8. The van der Waals surface area contributed by atoms with Crippen molar-refractivity contribution in [1.82, 2.24) is 0 Å². The van der Waals surface area contributed by atoms with Crippen molar-refractivity contribution < 1.29 is 0 Å². The van der Waals surface area contributed by atoms with E-state index < -0.39 is 0 Å². The molecule has 0 amide bonds. The van der Waals surface area contributed by atoms with Gasteiger partial charge in [0.05, 0.1) is 0 Å². The summed E-state index contributed by atoms with van der Waals surface area (Å²) in [4.78, 5) is 0. The molecule has 0 nitrogen and oxygen atoms in total. The highest BCUT2D eigenvalue weighted by atomic mass is 14.3. The lowest BCUT2D eigenvalue weighted by Gasteiger charge is -2.30. The van der Waals surface area contributed by atoms with Crippen LogP contribution in [-0.2, 0) is 0 Å². The molecule has 1 aliphatic carbocycles. The maximum absolute atomic E-state index is 4.49.